The van der Waals surface area contributed by atoms with Gasteiger partial charge in [-0.15, -0.1) is 11.8 Å². The van der Waals surface area contributed by atoms with Crippen molar-refractivity contribution in [1.82, 2.24) is 9.80 Å². The molecule has 0 atom stereocenters. The predicted molar refractivity (Wildman–Crippen MR) is 76.9 cm³/mol. The Labute approximate surface area is 126 Å². The number of halogens is 2. The summed E-state index contributed by atoms with van der Waals surface area (Å²) in [4.78, 5) is 26.2. The monoisotopic (exact) mass is 314 g/mol. The summed E-state index contributed by atoms with van der Waals surface area (Å²) in [6, 6.07) is 8.97. The van der Waals surface area contributed by atoms with E-state index >= 15 is 0 Å². The van der Waals surface area contributed by atoms with E-state index in [0.717, 1.165) is 10.5 Å². The highest BCUT2D eigenvalue weighted by atomic mass is 32.2. The Morgan fingerprint density at radius 3 is 2.62 bits per heavy atom. The number of rotatable bonds is 6. The summed E-state index contributed by atoms with van der Waals surface area (Å²) in [6.07, 6.45) is -2.60. The van der Waals surface area contributed by atoms with Crippen molar-refractivity contribution in [3.63, 3.8) is 0 Å². The van der Waals surface area contributed by atoms with E-state index in [9.17, 15) is 18.4 Å². The summed E-state index contributed by atoms with van der Waals surface area (Å²) < 4.78 is 25.3. The standard InChI is InChI=1S/C14H16F2N2O2S/c15-12(16)7-17(6-11-4-2-1-3-5-11)13(19)8-18-10-21-9-14(18)20/h1-5,12H,6-10H2. The number of thioether (sulfide) groups is 1. The fourth-order valence-electron chi connectivity index (χ4n) is 2.03. The number of alkyl halides is 2. The van der Waals surface area contributed by atoms with Gasteiger partial charge in [0.05, 0.1) is 18.2 Å². The van der Waals surface area contributed by atoms with E-state index in [2.05, 4.69) is 0 Å². The minimum atomic E-state index is -2.60. The van der Waals surface area contributed by atoms with Crippen LogP contribution in [0, 0.1) is 0 Å². The minimum absolute atomic E-state index is 0.120. The highest BCUT2D eigenvalue weighted by molar-refractivity contribution is 8.00. The third-order valence-corrected chi connectivity index (χ3v) is 4.02. The van der Waals surface area contributed by atoms with Crippen molar-refractivity contribution in [2.45, 2.75) is 13.0 Å². The molecule has 2 amide bonds. The predicted octanol–water partition coefficient (Wildman–Crippen LogP) is 1.81. The Kier molecular flexibility index (Phi) is 5.55. The molecule has 1 fully saturated rings. The number of hydrogen-bond acceptors (Lipinski definition) is 3. The normalized spacial score (nSPS) is 14.8. The molecule has 0 saturated carbocycles. The average molecular weight is 314 g/mol. The van der Waals surface area contributed by atoms with Crippen LogP contribution in [-0.4, -0.2) is 52.8 Å². The highest BCUT2D eigenvalue weighted by Gasteiger charge is 2.26. The van der Waals surface area contributed by atoms with Crippen LogP contribution in [0.5, 0.6) is 0 Å². The van der Waals surface area contributed by atoms with Gasteiger partial charge in [-0.05, 0) is 5.56 Å². The molecule has 2 rings (SSSR count). The second-order valence-corrected chi connectivity index (χ2v) is 5.68. The number of nitrogens with zero attached hydrogens (tertiary/aromatic N) is 2. The van der Waals surface area contributed by atoms with Crippen LogP contribution in [0.3, 0.4) is 0 Å². The van der Waals surface area contributed by atoms with Crippen molar-refractivity contribution in [3.8, 4) is 0 Å². The van der Waals surface area contributed by atoms with Gasteiger partial charge >= 0.3 is 0 Å². The van der Waals surface area contributed by atoms with E-state index in [1.807, 2.05) is 6.07 Å². The van der Waals surface area contributed by atoms with Gasteiger partial charge in [-0.3, -0.25) is 9.59 Å². The first kappa shape index (κ1) is 15.8. The minimum Gasteiger partial charge on any atom is -0.331 e. The first-order valence-electron chi connectivity index (χ1n) is 6.51. The van der Waals surface area contributed by atoms with Crippen LogP contribution in [0.1, 0.15) is 5.56 Å². The summed E-state index contributed by atoms with van der Waals surface area (Å²) in [6.45, 7) is -0.631. The topological polar surface area (TPSA) is 40.6 Å². The van der Waals surface area contributed by atoms with Crippen molar-refractivity contribution >= 4 is 23.6 Å². The largest absolute Gasteiger partial charge is 0.331 e. The van der Waals surface area contributed by atoms with E-state index in [1.54, 1.807) is 24.3 Å². The van der Waals surface area contributed by atoms with Crippen molar-refractivity contribution in [1.29, 1.82) is 0 Å². The van der Waals surface area contributed by atoms with Gasteiger partial charge in [0, 0.05) is 6.54 Å². The lowest BCUT2D eigenvalue weighted by Crippen LogP contribution is -2.42. The van der Waals surface area contributed by atoms with E-state index in [0.29, 0.717) is 11.6 Å². The van der Waals surface area contributed by atoms with Crippen LogP contribution in [0.2, 0.25) is 0 Å². The molecule has 0 aliphatic carbocycles. The Balaban J connectivity index is 2.00. The molecular weight excluding hydrogens is 298 g/mol. The molecule has 0 unspecified atom stereocenters. The maximum absolute atomic E-state index is 12.7. The lowest BCUT2D eigenvalue weighted by molar-refractivity contribution is -0.139. The number of hydrogen-bond donors (Lipinski definition) is 0. The first-order valence-corrected chi connectivity index (χ1v) is 7.67. The molecule has 1 aliphatic heterocycles. The van der Waals surface area contributed by atoms with Crippen LogP contribution in [0.4, 0.5) is 8.78 Å². The lowest BCUT2D eigenvalue weighted by Gasteiger charge is -2.25. The zero-order chi connectivity index (χ0) is 15.2. The van der Waals surface area contributed by atoms with Gasteiger partial charge in [0.25, 0.3) is 6.43 Å². The average Bonchev–Trinajstić information content (AvgIpc) is 2.84. The van der Waals surface area contributed by atoms with Gasteiger partial charge in [0.15, 0.2) is 0 Å². The third-order valence-electron chi connectivity index (χ3n) is 3.08. The molecule has 1 saturated heterocycles. The number of benzene rings is 1. The summed E-state index contributed by atoms with van der Waals surface area (Å²) in [5.41, 5.74) is 0.786. The number of carbonyl (C=O) groups excluding carboxylic acids is 2. The van der Waals surface area contributed by atoms with Crippen molar-refractivity contribution in [2.24, 2.45) is 0 Å². The quantitative estimate of drug-likeness (QED) is 0.804. The maximum atomic E-state index is 12.7. The van der Waals surface area contributed by atoms with Gasteiger partial charge in [-0.25, -0.2) is 8.78 Å². The molecule has 0 bridgehead atoms. The molecule has 21 heavy (non-hydrogen) atoms. The van der Waals surface area contributed by atoms with Gasteiger partial charge in [0.1, 0.15) is 6.54 Å². The van der Waals surface area contributed by atoms with Crippen LogP contribution in [0.25, 0.3) is 0 Å². The summed E-state index contributed by atoms with van der Waals surface area (Å²) in [5.74, 6) is 0.222. The molecule has 114 valence electrons. The Hall–Kier alpha value is -1.63. The zero-order valence-electron chi connectivity index (χ0n) is 11.4. The molecular formula is C14H16F2N2O2S. The fourth-order valence-corrected chi connectivity index (χ4v) is 2.93. The Bertz CT molecular complexity index is 499. The smallest absolute Gasteiger partial charge is 0.255 e. The maximum Gasteiger partial charge on any atom is 0.255 e. The lowest BCUT2D eigenvalue weighted by atomic mass is 10.2. The van der Waals surface area contributed by atoms with E-state index in [-0.39, 0.29) is 19.0 Å². The molecule has 1 aromatic rings. The third kappa shape index (κ3) is 4.70. The van der Waals surface area contributed by atoms with E-state index < -0.39 is 18.9 Å². The first-order chi connectivity index (χ1) is 10.1. The Morgan fingerprint density at radius 1 is 1.33 bits per heavy atom. The second-order valence-electron chi connectivity index (χ2n) is 4.72. The van der Waals surface area contributed by atoms with E-state index in [4.69, 9.17) is 0 Å². The van der Waals surface area contributed by atoms with Gasteiger partial charge in [0.2, 0.25) is 11.8 Å². The second kappa shape index (κ2) is 7.40. The molecule has 7 heteroatoms. The molecule has 1 aliphatic rings. The highest BCUT2D eigenvalue weighted by Crippen LogP contribution is 2.15. The van der Waals surface area contributed by atoms with Crippen molar-refractivity contribution < 1.29 is 18.4 Å². The Morgan fingerprint density at radius 2 is 2.05 bits per heavy atom. The van der Waals surface area contributed by atoms with Crippen LogP contribution >= 0.6 is 11.8 Å². The summed E-state index contributed by atoms with van der Waals surface area (Å²) in [7, 11) is 0. The van der Waals surface area contributed by atoms with Gasteiger partial charge in [-0.1, -0.05) is 30.3 Å². The molecule has 0 spiro atoms. The summed E-state index contributed by atoms with van der Waals surface area (Å²) >= 11 is 1.42. The SMILES string of the molecule is O=C1CSCN1CC(=O)N(Cc1ccccc1)CC(F)F. The summed E-state index contributed by atoms with van der Waals surface area (Å²) in [5, 5.41) is 0. The van der Waals surface area contributed by atoms with Gasteiger partial charge < -0.3 is 9.80 Å². The number of amides is 2. The molecule has 0 N–H and O–H groups in total. The molecule has 0 aromatic heterocycles. The molecule has 4 nitrogen and oxygen atoms in total. The molecule has 0 radical (unpaired) electrons. The molecule has 1 heterocycles. The van der Waals surface area contributed by atoms with Gasteiger partial charge in [-0.2, -0.15) is 0 Å². The fraction of sp³-hybridized carbons (Fsp3) is 0.429. The van der Waals surface area contributed by atoms with E-state index in [1.165, 1.54) is 16.7 Å². The van der Waals surface area contributed by atoms with Crippen LogP contribution in [-0.2, 0) is 16.1 Å². The zero-order valence-corrected chi connectivity index (χ0v) is 12.2. The number of carbonyl (C=O) groups is 2. The van der Waals surface area contributed by atoms with Crippen molar-refractivity contribution in [2.75, 3.05) is 24.7 Å². The van der Waals surface area contributed by atoms with Crippen LogP contribution < -0.4 is 0 Å². The van der Waals surface area contributed by atoms with Crippen LogP contribution in [0.15, 0.2) is 30.3 Å². The van der Waals surface area contributed by atoms with Crippen molar-refractivity contribution in [3.05, 3.63) is 35.9 Å². The molecule has 1 aromatic carbocycles.